The van der Waals surface area contributed by atoms with Gasteiger partial charge in [0.1, 0.15) is 18.4 Å². The van der Waals surface area contributed by atoms with E-state index in [1.165, 1.54) is 0 Å². The first kappa shape index (κ1) is 27.3. The third-order valence-electron chi connectivity index (χ3n) is 7.13. The zero-order valence-corrected chi connectivity index (χ0v) is 22.9. The Bertz CT molecular complexity index is 1400. The van der Waals surface area contributed by atoms with Crippen molar-refractivity contribution in [2.24, 2.45) is 0 Å². The first-order chi connectivity index (χ1) is 19.5. The number of hydrogen-bond donors (Lipinski definition) is 2. The zero-order valence-electron chi connectivity index (χ0n) is 22.2. The van der Waals surface area contributed by atoms with Gasteiger partial charge < -0.3 is 20.3 Å². The predicted octanol–water partition coefficient (Wildman–Crippen LogP) is 4.33. The Kier molecular flexibility index (Phi) is 8.36. The number of urea groups is 1. The number of ether oxygens (including phenoxy) is 1. The third-order valence-corrected chi connectivity index (χ3v) is 7.39. The van der Waals surface area contributed by atoms with Gasteiger partial charge in [-0.1, -0.05) is 72.3 Å². The number of carbonyl (C=O) groups excluding carboxylic acids is 3. The largest absolute Gasteiger partial charge is 0.492 e. The number of halogens is 1. The summed E-state index contributed by atoms with van der Waals surface area (Å²) < 4.78 is 5.72. The predicted molar refractivity (Wildman–Crippen MR) is 153 cm³/mol. The molecular formula is C31H31ClN4O4. The summed E-state index contributed by atoms with van der Waals surface area (Å²) in [7, 11) is 0. The Morgan fingerprint density at radius 3 is 2.38 bits per heavy atom. The van der Waals surface area contributed by atoms with Gasteiger partial charge in [-0.05, 0) is 42.3 Å². The van der Waals surface area contributed by atoms with Gasteiger partial charge in [-0.3, -0.25) is 14.5 Å². The molecule has 5 rings (SSSR count). The van der Waals surface area contributed by atoms with E-state index >= 15 is 0 Å². The molecule has 0 spiro atoms. The summed E-state index contributed by atoms with van der Waals surface area (Å²) in [6.45, 7) is 2.98. The molecule has 9 heteroatoms. The Labute approximate surface area is 238 Å². The SMILES string of the molecule is CCN1C(=O)N[C@H](c2ccc(Cl)cc2)C2=C1CN([C@@H](Cc1ccccc1)C(=O)NCCOc1ccccc1)C2=O. The highest BCUT2D eigenvalue weighted by molar-refractivity contribution is 6.30. The second kappa shape index (κ2) is 12.3. The molecule has 2 aliphatic heterocycles. The highest BCUT2D eigenvalue weighted by Gasteiger charge is 2.46. The van der Waals surface area contributed by atoms with E-state index in [0.29, 0.717) is 35.0 Å². The number of hydrogen-bond acceptors (Lipinski definition) is 4. The molecule has 8 nitrogen and oxygen atoms in total. The van der Waals surface area contributed by atoms with Crippen molar-refractivity contribution >= 4 is 29.4 Å². The van der Waals surface area contributed by atoms with Crippen LogP contribution in [-0.2, 0) is 16.0 Å². The summed E-state index contributed by atoms with van der Waals surface area (Å²) in [5.74, 6) is 0.165. The molecule has 2 aliphatic rings. The van der Waals surface area contributed by atoms with E-state index in [2.05, 4.69) is 10.6 Å². The van der Waals surface area contributed by atoms with Gasteiger partial charge in [0.25, 0.3) is 5.91 Å². The van der Waals surface area contributed by atoms with Crippen molar-refractivity contribution in [1.82, 2.24) is 20.4 Å². The van der Waals surface area contributed by atoms with E-state index in [9.17, 15) is 14.4 Å². The fraction of sp³-hybridized carbons (Fsp3) is 0.258. The third kappa shape index (κ3) is 5.82. The van der Waals surface area contributed by atoms with Crippen molar-refractivity contribution in [1.29, 1.82) is 0 Å². The molecule has 3 aromatic carbocycles. The van der Waals surface area contributed by atoms with E-state index in [0.717, 1.165) is 11.1 Å². The topological polar surface area (TPSA) is 91.0 Å². The first-order valence-corrected chi connectivity index (χ1v) is 13.7. The van der Waals surface area contributed by atoms with E-state index in [4.69, 9.17) is 16.3 Å². The monoisotopic (exact) mass is 558 g/mol. The maximum atomic E-state index is 14.1. The molecule has 206 valence electrons. The van der Waals surface area contributed by atoms with Crippen molar-refractivity contribution in [2.45, 2.75) is 25.4 Å². The van der Waals surface area contributed by atoms with Crippen molar-refractivity contribution in [3.63, 3.8) is 0 Å². The highest BCUT2D eigenvalue weighted by Crippen LogP contribution is 2.37. The molecule has 0 fully saturated rings. The van der Waals surface area contributed by atoms with Gasteiger partial charge in [-0.25, -0.2) is 4.79 Å². The smallest absolute Gasteiger partial charge is 0.322 e. The van der Waals surface area contributed by atoms with E-state index < -0.39 is 12.1 Å². The van der Waals surface area contributed by atoms with Crippen LogP contribution >= 0.6 is 11.6 Å². The second-order valence-electron chi connectivity index (χ2n) is 9.63. The van der Waals surface area contributed by atoms with Crippen LogP contribution in [0.5, 0.6) is 5.75 Å². The number of likely N-dealkylation sites (N-methyl/N-ethyl adjacent to an activating group) is 1. The van der Waals surface area contributed by atoms with Crippen molar-refractivity contribution in [2.75, 3.05) is 26.2 Å². The van der Waals surface area contributed by atoms with Gasteiger partial charge in [-0.2, -0.15) is 0 Å². The Morgan fingerprint density at radius 1 is 1.02 bits per heavy atom. The van der Waals surface area contributed by atoms with Crippen LogP contribution < -0.4 is 15.4 Å². The molecule has 0 saturated carbocycles. The molecule has 4 amide bonds. The van der Waals surface area contributed by atoms with Crippen molar-refractivity contribution in [3.8, 4) is 5.75 Å². The maximum absolute atomic E-state index is 14.1. The maximum Gasteiger partial charge on any atom is 0.322 e. The lowest BCUT2D eigenvalue weighted by atomic mass is 9.95. The fourth-order valence-corrected chi connectivity index (χ4v) is 5.29. The van der Waals surface area contributed by atoms with Crippen LogP contribution in [0.2, 0.25) is 5.02 Å². The van der Waals surface area contributed by atoms with Crippen LogP contribution in [-0.4, -0.2) is 59.9 Å². The van der Waals surface area contributed by atoms with Gasteiger partial charge in [0.05, 0.1) is 30.4 Å². The summed E-state index contributed by atoms with van der Waals surface area (Å²) in [4.78, 5) is 43.9. The van der Waals surface area contributed by atoms with E-state index in [-0.39, 0.29) is 37.5 Å². The lowest BCUT2D eigenvalue weighted by Crippen LogP contribution is -2.50. The normalized spacial score (nSPS) is 17.4. The minimum atomic E-state index is -0.781. The first-order valence-electron chi connectivity index (χ1n) is 13.3. The standard InChI is InChI=1S/C31H31ClN4O4/c1-2-35-26-20-36(30(38)27(26)28(34-31(35)39)22-13-15-23(32)16-14-22)25(19-21-9-5-3-6-10-21)29(37)33-17-18-40-24-11-7-4-8-12-24/h3-16,25,28H,2,17-20H2,1H3,(H,33,37)(H,34,39)/t25-,28+/m0/s1. The Morgan fingerprint density at radius 2 is 1.70 bits per heavy atom. The fourth-order valence-electron chi connectivity index (χ4n) is 5.16. The molecule has 3 aromatic rings. The lowest BCUT2D eigenvalue weighted by molar-refractivity contribution is -0.136. The van der Waals surface area contributed by atoms with Crippen LogP contribution in [0.4, 0.5) is 4.79 Å². The molecular weight excluding hydrogens is 528 g/mol. The summed E-state index contributed by atoms with van der Waals surface area (Å²) in [5.41, 5.74) is 2.77. The highest BCUT2D eigenvalue weighted by atomic mass is 35.5. The van der Waals surface area contributed by atoms with E-state index in [1.807, 2.05) is 67.6 Å². The molecule has 0 saturated heterocycles. The average molecular weight is 559 g/mol. The summed E-state index contributed by atoms with van der Waals surface area (Å²) in [6.07, 6.45) is 0.331. The number of benzene rings is 3. The molecule has 0 unspecified atom stereocenters. The molecule has 0 aromatic heterocycles. The Hall–Kier alpha value is -4.30. The minimum Gasteiger partial charge on any atom is -0.492 e. The molecule has 2 heterocycles. The van der Waals surface area contributed by atoms with Crippen LogP contribution in [0, 0.1) is 0 Å². The summed E-state index contributed by atoms with van der Waals surface area (Å²) in [5, 5.41) is 6.48. The minimum absolute atomic E-state index is 0.158. The molecule has 40 heavy (non-hydrogen) atoms. The molecule has 0 aliphatic carbocycles. The quantitative estimate of drug-likeness (QED) is 0.362. The molecule has 2 N–H and O–H groups in total. The van der Waals surface area contributed by atoms with Crippen LogP contribution in [0.3, 0.4) is 0 Å². The second-order valence-corrected chi connectivity index (χ2v) is 10.1. The summed E-state index contributed by atoms with van der Waals surface area (Å²) in [6, 6.07) is 24.3. The van der Waals surface area contributed by atoms with Gasteiger partial charge >= 0.3 is 6.03 Å². The van der Waals surface area contributed by atoms with Gasteiger partial charge in [0.2, 0.25) is 5.91 Å². The number of nitrogens with one attached hydrogen (secondary N) is 2. The van der Waals surface area contributed by atoms with Crippen LogP contribution in [0.1, 0.15) is 24.1 Å². The number of rotatable bonds is 10. The number of nitrogens with zero attached hydrogens (tertiary/aromatic N) is 2. The Balaban J connectivity index is 1.39. The van der Waals surface area contributed by atoms with Crippen LogP contribution in [0.25, 0.3) is 0 Å². The number of carbonyl (C=O) groups is 3. The van der Waals surface area contributed by atoms with Crippen molar-refractivity contribution < 1.29 is 19.1 Å². The summed E-state index contributed by atoms with van der Waals surface area (Å²) >= 11 is 6.09. The number of para-hydroxylation sites is 1. The number of amides is 4. The van der Waals surface area contributed by atoms with Crippen molar-refractivity contribution in [3.05, 3.63) is 112 Å². The van der Waals surface area contributed by atoms with E-state index in [1.54, 1.807) is 34.1 Å². The lowest BCUT2D eigenvalue weighted by Gasteiger charge is -2.32. The zero-order chi connectivity index (χ0) is 28.1. The van der Waals surface area contributed by atoms with Gasteiger partial charge in [0, 0.05) is 18.0 Å². The van der Waals surface area contributed by atoms with Crippen LogP contribution in [0.15, 0.2) is 96.2 Å². The van der Waals surface area contributed by atoms with Gasteiger partial charge in [-0.15, -0.1) is 0 Å². The average Bonchev–Trinajstić information content (AvgIpc) is 3.31. The molecule has 2 atom stereocenters. The van der Waals surface area contributed by atoms with Gasteiger partial charge in [0.15, 0.2) is 0 Å². The molecule has 0 bridgehead atoms. The molecule has 0 radical (unpaired) electrons.